The number of hydrogen-bond acceptors (Lipinski definition) is 3. The molecule has 1 amide bonds. The minimum Gasteiger partial charge on any atom is -0.343 e. The molecule has 1 fully saturated rings. The largest absolute Gasteiger partial charge is 0.343 e. The van der Waals surface area contributed by atoms with E-state index in [0.29, 0.717) is 5.02 Å². The number of rotatable bonds is 8. The van der Waals surface area contributed by atoms with Gasteiger partial charge in [-0.25, -0.2) is 0 Å². The van der Waals surface area contributed by atoms with Crippen molar-refractivity contribution in [2.24, 2.45) is 5.92 Å². The number of piperidine rings is 1. The van der Waals surface area contributed by atoms with Crippen molar-refractivity contribution in [1.82, 2.24) is 15.2 Å². The molecular formula is C27H30ClN3O. The number of amides is 1. The highest BCUT2D eigenvalue weighted by molar-refractivity contribution is 6.30. The molecular weight excluding hydrogens is 418 g/mol. The van der Waals surface area contributed by atoms with Gasteiger partial charge in [-0.3, -0.25) is 9.78 Å². The van der Waals surface area contributed by atoms with Gasteiger partial charge >= 0.3 is 0 Å². The summed E-state index contributed by atoms with van der Waals surface area (Å²) in [5.41, 5.74) is 3.21. The molecule has 1 aliphatic rings. The van der Waals surface area contributed by atoms with Crippen LogP contribution in [0, 0.1) is 5.92 Å². The fourth-order valence-electron chi connectivity index (χ4n) is 4.36. The number of likely N-dealkylation sites (tertiary alicyclic amines) is 1. The number of nitrogens with one attached hydrogen (secondary N) is 1. The second-order valence-corrected chi connectivity index (χ2v) is 8.89. The maximum Gasteiger partial charge on any atom is 0.224 e. The zero-order chi connectivity index (χ0) is 22.2. The molecule has 0 bridgehead atoms. The lowest BCUT2D eigenvalue weighted by molar-refractivity contribution is -0.127. The molecule has 3 aromatic rings. The minimum atomic E-state index is -0.273. The maximum absolute atomic E-state index is 13.1. The number of benzene rings is 2. The molecule has 1 unspecified atom stereocenters. The van der Waals surface area contributed by atoms with Crippen LogP contribution < -0.4 is 5.32 Å². The lowest BCUT2D eigenvalue weighted by Gasteiger charge is -2.32. The number of halogens is 1. The molecule has 0 aliphatic carbocycles. The van der Waals surface area contributed by atoms with E-state index in [1.807, 2.05) is 42.5 Å². The van der Waals surface area contributed by atoms with E-state index in [2.05, 4.69) is 45.5 Å². The van der Waals surface area contributed by atoms with E-state index in [1.54, 1.807) is 6.20 Å². The van der Waals surface area contributed by atoms with Crippen LogP contribution in [-0.2, 0) is 11.2 Å². The molecule has 1 aromatic heterocycles. The summed E-state index contributed by atoms with van der Waals surface area (Å²) in [7, 11) is 0. The number of aromatic nitrogens is 1. The van der Waals surface area contributed by atoms with E-state index in [9.17, 15) is 4.79 Å². The Labute approximate surface area is 195 Å². The van der Waals surface area contributed by atoms with Gasteiger partial charge in [0, 0.05) is 17.1 Å². The van der Waals surface area contributed by atoms with E-state index in [1.165, 1.54) is 5.56 Å². The summed E-state index contributed by atoms with van der Waals surface area (Å²) in [5, 5.41) is 3.94. The standard InChI is InChI=1S/C27H30ClN3O/c28-24-13-11-22(12-14-24)26(25-10-4-5-17-29-25)30-27(32)23-15-19-31(20-16-23)18-6-9-21-7-2-1-3-8-21/h1-5,7-8,10-14,17,23,26H,6,9,15-16,18-20H2,(H,30,32). The topological polar surface area (TPSA) is 45.2 Å². The summed E-state index contributed by atoms with van der Waals surface area (Å²) in [6.45, 7) is 3.04. The Hall–Kier alpha value is -2.69. The molecule has 1 N–H and O–H groups in total. The van der Waals surface area contributed by atoms with Crippen LogP contribution in [0.15, 0.2) is 79.0 Å². The van der Waals surface area contributed by atoms with Crippen LogP contribution in [-0.4, -0.2) is 35.4 Å². The number of pyridine rings is 1. The van der Waals surface area contributed by atoms with Crippen molar-refractivity contribution in [3.63, 3.8) is 0 Å². The Morgan fingerprint density at radius 3 is 2.41 bits per heavy atom. The molecule has 4 rings (SSSR count). The first-order valence-corrected chi connectivity index (χ1v) is 11.8. The highest BCUT2D eigenvalue weighted by Crippen LogP contribution is 2.25. The lowest BCUT2D eigenvalue weighted by atomic mass is 9.94. The van der Waals surface area contributed by atoms with Gasteiger partial charge in [0.1, 0.15) is 0 Å². The summed E-state index contributed by atoms with van der Waals surface area (Å²) in [5.74, 6) is 0.151. The van der Waals surface area contributed by atoms with Crippen molar-refractivity contribution in [3.8, 4) is 0 Å². The van der Waals surface area contributed by atoms with E-state index < -0.39 is 0 Å². The number of carbonyl (C=O) groups excluding carboxylic acids is 1. The molecule has 0 spiro atoms. The third-order valence-electron chi connectivity index (χ3n) is 6.21. The number of nitrogens with zero attached hydrogens (tertiary/aromatic N) is 2. The van der Waals surface area contributed by atoms with Crippen LogP contribution in [0.2, 0.25) is 5.02 Å². The van der Waals surface area contributed by atoms with Crippen LogP contribution in [0.3, 0.4) is 0 Å². The summed E-state index contributed by atoms with van der Waals surface area (Å²) in [4.78, 5) is 20.1. The van der Waals surface area contributed by atoms with Crippen LogP contribution in [0.4, 0.5) is 0 Å². The first kappa shape index (κ1) is 22.5. The molecule has 1 aliphatic heterocycles. The normalized spacial score (nSPS) is 15.9. The van der Waals surface area contributed by atoms with Crippen LogP contribution in [0.1, 0.15) is 42.1 Å². The highest BCUT2D eigenvalue weighted by atomic mass is 35.5. The summed E-state index contributed by atoms with van der Waals surface area (Å²) in [6.07, 6.45) is 5.81. The van der Waals surface area contributed by atoms with Crippen LogP contribution >= 0.6 is 11.6 Å². The Morgan fingerprint density at radius 2 is 1.72 bits per heavy atom. The average Bonchev–Trinajstić information content (AvgIpc) is 2.85. The first-order chi connectivity index (χ1) is 15.7. The Bertz CT molecular complexity index is 971. The Kier molecular flexibility index (Phi) is 7.92. The zero-order valence-electron chi connectivity index (χ0n) is 18.3. The molecule has 2 heterocycles. The smallest absolute Gasteiger partial charge is 0.224 e. The molecule has 0 saturated carbocycles. The summed E-state index contributed by atoms with van der Waals surface area (Å²) < 4.78 is 0. The van der Waals surface area contributed by atoms with E-state index in [4.69, 9.17) is 11.6 Å². The fraction of sp³-hybridized carbons (Fsp3) is 0.333. The highest BCUT2D eigenvalue weighted by Gasteiger charge is 2.27. The predicted octanol–water partition coefficient (Wildman–Crippen LogP) is 5.29. The van der Waals surface area contributed by atoms with E-state index >= 15 is 0 Å². The third-order valence-corrected chi connectivity index (χ3v) is 6.47. The lowest BCUT2D eigenvalue weighted by Crippen LogP contribution is -2.42. The van der Waals surface area contributed by atoms with Gasteiger partial charge in [0.2, 0.25) is 5.91 Å². The molecule has 166 valence electrons. The molecule has 0 radical (unpaired) electrons. The number of aryl methyl sites for hydroxylation is 1. The summed E-state index contributed by atoms with van der Waals surface area (Å²) in [6, 6.07) is 23.8. The van der Waals surface area contributed by atoms with Gasteiger partial charge in [0.15, 0.2) is 0 Å². The van der Waals surface area contributed by atoms with Crippen LogP contribution in [0.5, 0.6) is 0 Å². The number of hydrogen-bond donors (Lipinski definition) is 1. The molecule has 5 heteroatoms. The van der Waals surface area contributed by atoms with Gasteiger partial charge < -0.3 is 10.2 Å². The molecule has 1 saturated heterocycles. The molecule has 32 heavy (non-hydrogen) atoms. The molecule has 1 atom stereocenters. The van der Waals surface area contributed by atoms with Crippen molar-refractivity contribution < 1.29 is 4.79 Å². The first-order valence-electron chi connectivity index (χ1n) is 11.4. The molecule has 2 aromatic carbocycles. The predicted molar refractivity (Wildman–Crippen MR) is 130 cm³/mol. The number of carbonyl (C=O) groups is 1. The maximum atomic E-state index is 13.1. The van der Waals surface area contributed by atoms with Crippen molar-refractivity contribution in [1.29, 1.82) is 0 Å². The average molecular weight is 448 g/mol. The van der Waals surface area contributed by atoms with Crippen molar-refractivity contribution in [2.75, 3.05) is 19.6 Å². The summed E-state index contributed by atoms with van der Waals surface area (Å²) >= 11 is 6.07. The fourth-order valence-corrected chi connectivity index (χ4v) is 4.49. The van der Waals surface area contributed by atoms with Gasteiger partial charge in [-0.2, -0.15) is 0 Å². The monoisotopic (exact) mass is 447 g/mol. The second-order valence-electron chi connectivity index (χ2n) is 8.45. The van der Waals surface area contributed by atoms with E-state index in [0.717, 1.165) is 56.6 Å². The second kappa shape index (κ2) is 11.3. The van der Waals surface area contributed by atoms with Gasteiger partial charge in [0.05, 0.1) is 11.7 Å². The van der Waals surface area contributed by atoms with Crippen molar-refractivity contribution in [3.05, 3.63) is 101 Å². The van der Waals surface area contributed by atoms with Gasteiger partial charge in [-0.15, -0.1) is 0 Å². The van der Waals surface area contributed by atoms with Gasteiger partial charge in [0.25, 0.3) is 0 Å². The Balaban J connectivity index is 1.31. The molecule has 4 nitrogen and oxygen atoms in total. The quantitative estimate of drug-likeness (QED) is 0.510. The van der Waals surface area contributed by atoms with Crippen LogP contribution in [0.25, 0.3) is 0 Å². The Morgan fingerprint density at radius 1 is 1.00 bits per heavy atom. The third kappa shape index (κ3) is 6.18. The van der Waals surface area contributed by atoms with Crippen molar-refractivity contribution >= 4 is 17.5 Å². The van der Waals surface area contributed by atoms with Crippen molar-refractivity contribution in [2.45, 2.75) is 31.7 Å². The van der Waals surface area contributed by atoms with Gasteiger partial charge in [-0.1, -0.05) is 60.1 Å². The SMILES string of the molecule is O=C(NC(c1ccc(Cl)cc1)c1ccccn1)C1CCN(CCCc2ccccc2)CC1. The van der Waals surface area contributed by atoms with Gasteiger partial charge in [-0.05, 0) is 80.7 Å². The van der Waals surface area contributed by atoms with E-state index in [-0.39, 0.29) is 17.9 Å². The zero-order valence-corrected chi connectivity index (χ0v) is 19.0. The minimum absolute atomic E-state index is 0.0406.